The minimum atomic E-state index is -4.73. The zero-order chi connectivity index (χ0) is 10.6. The Balaban J connectivity index is 2.78. The van der Waals surface area contributed by atoms with E-state index in [1.54, 1.807) is 0 Å². The van der Waals surface area contributed by atoms with Gasteiger partial charge in [0.2, 0.25) is 5.88 Å². The number of rotatable bonds is 2. The van der Waals surface area contributed by atoms with Gasteiger partial charge in [0.25, 0.3) is 0 Å². The van der Waals surface area contributed by atoms with Crippen LogP contribution in [0.25, 0.3) is 0 Å². The third-order valence-corrected chi connectivity index (χ3v) is 1.21. The highest BCUT2D eigenvalue weighted by Crippen LogP contribution is 2.21. The number of aromatic nitrogens is 1. The predicted octanol–water partition coefficient (Wildman–Crippen LogP) is 2.71. The lowest BCUT2D eigenvalue weighted by atomic mass is 10.4. The Hall–Kier alpha value is -1.46. The molecule has 74 valence electrons. The number of isothiocyanates is 1. The van der Waals surface area contributed by atoms with Gasteiger partial charge in [-0.3, -0.25) is 0 Å². The number of ether oxygens (including phenoxy) is 1. The van der Waals surface area contributed by atoms with Gasteiger partial charge < -0.3 is 4.74 Å². The van der Waals surface area contributed by atoms with Crippen molar-refractivity contribution in [1.29, 1.82) is 0 Å². The van der Waals surface area contributed by atoms with Crippen molar-refractivity contribution >= 4 is 23.1 Å². The fourth-order valence-corrected chi connectivity index (χ4v) is 0.776. The van der Waals surface area contributed by atoms with Crippen molar-refractivity contribution in [2.75, 3.05) is 0 Å². The summed E-state index contributed by atoms with van der Waals surface area (Å²) in [5.41, 5.74) is 0.314. The highest BCUT2D eigenvalue weighted by molar-refractivity contribution is 7.78. The van der Waals surface area contributed by atoms with Crippen LogP contribution in [-0.2, 0) is 0 Å². The van der Waals surface area contributed by atoms with Crippen LogP contribution in [-0.4, -0.2) is 16.5 Å². The number of aliphatic imine (C=N–C) groups is 1. The summed E-state index contributed by atoms with van der Waals surface area (Å²) in [6.45, 7) is 0. The van der Waals surface area contributed by atoms with Gasteiger partial charge in [0.15, 0.2) is 0 Å². The molecule has 1 rings (SSSR count). The zero-order valence-electron chi connectivity index (χ0n) is 6.58. The van der Waals surface area contributed by atoms with Crippen molar-refractivity contribution < 1.29 is 17.9 Å². The van der Waals surface area contributed by atoms with Crippen LogP contribution < -0.4 is 4.74 Å². The molecule has 0 unspecified atom stereocenters. The lowest BCUT2D eigenvalue weighted by Crippen LogP contribution is -2.17. The lowest BCUT2D eigenvalue weighted by molar-refractivity contribution is -0.276. The van der Waals surface area contributed by atoms with Crippen LogP contribution in [0.5, 0.6) is 5.88 Å². The number of hydrogen-bond donors (Lipinski definition) is 0. The first-order chi connectivity index (χ1) is 6.51. The number of nitrogens with zero attached hydrogens (tertiary/aromatic N) is 2. The quantitative estimate of drug-likeness (QED) is 0.567. The second kappa shape index (κ2) is 4.17. The van der Waals surface area contributed by atoms with Crippen LogP contribution in [0.4, 0.5) is 18.9 Å². The molecular formula is C7H3F3N2OS. The summed E-state index contributed by atoms with van der Waals surface area (Å²) in [7, 11) is 0. The van der Waals surface area contributed by atoms with E-state index in [1.807, 2.05) is 0 Å². The van der Waals surface area contributed by atoms with Gasteiger partial charge in [0.1, 0.15) is 0 Å². The van der Waals surface area contributed by atoms with Crippen molar-refractivity contribution in [2.45, 2.75) is 6.36 Å². The summed E-state index contributed by atoms with van der Waals surface area (Å²) in [5, 5.41) is 2.06. The normalized spacial score (nSPS) is 10.5. The molecule has 7 heteroatoms. The van der Waals surface area contributed by atoms with E-state index < -0.39 is 12.2 Å². The summed E-state index contributed by atoms with van der Waals surface area (Å²) in [4.78, 5) is 6.87. The van der Waals surface area contributed by atoms with Crippen molar-refractivity contribution in [2.24, 2.45) is 4.99 Å². The number of halogens is 3. The maximum Gasteiger partial charge on any atom is 0.574 e. The van der Waals surface area contributed by atoms with Gasteiger partial charge in [-0.1, -0.05) is 0 Å². The Morgan fingerprint density at radius 1 is 1.43 bits per heavy atom. The molecule has 0 aliphatic heterocycles. The first-order valence-corrected chi connectivity index (χ1v) is 3.72. The van der Waals surface area contributed by atoms with E-state index in [0.717, 1.165) is 12.3 Å². The van der Waals surface area contributed by atoms with Crippen molar-refractivity contribution in [3.8, 4) is 5.88 Å². The van der Waals surface area contributed by atoms with Crippen LogP contribution in [0.15, 0.2) is 23.3 Å². The van der Waals surface area contributed by atoms with Crippen LogP contribution in [0.1, 0.15) is 0 Å². The molecule has 0 saturated carbocycles. The summed E-state index contributed by atoms with van der Waals surface area (Å²) >= 11 is 4.30. The Labute approximate surface area is 82.2 Å². The summed E-state index contributed by atoms with van der Waals surface area (Å²) < 4.78 is 38.6. The third kappa shape index (κ3) is 3.51. The van der Waals surface area contributed by atoms with Crippen LogP contribution in [0.2, 0.25) is 0 Å². The molecule has 1 aromatic heterocycles. The van der Waals surface area contributed by atoms with Crippen LogP contribution >= 0.6 is 12.2 Å². The maximum atomic E-state index is 11.7. The highest BCUT2D eigenvalue weighted by Gasteiger charge is 2.31. The largest absolute Gasteiger partial charge is 0.574 e. The molecule has 14 heavy (non-hydrogen) atoms. The lowest BCUT2D eigenvalue weighted by Gasteiger charge is -2.06. The topological polar surface area (TPSA) is 34.5 Å². The fourth-order valence-electron chi connectivity index (χ4n) is 0.670. The predicted molar refractivity (Wildman–Crippen MR) is 45.6 cm³/mol. The average Bonchev–Trinajstić information content (AvgIpc) is 2.06. The molecule has 0 atom stereocenters. The summed E-state index contributed by atoms with van der Waals surface area (Å²) in [5.74, 6) is -0.541. The number of pyridine rings is 1. The Bertz CT molecular complexity index is 356. The van der Waals surface area contributed by atoms with Crippen LogP contribution in [0.3, 0.4) is 0 Å². The van der Waals surface area contributed by atoms with E-state index in [0.29, 0.717) is 5.69 Å². The van der Waals surface area contributed by atoms with Gasteiger partial charge in [-0.25, -0.2) is 4.98 Å². The van der Waals surface area contributed by atoms with E-state index >= 15 is 0 Å². The second-order valence-electron chi connectivity index (χ2n) is 2.11. The SMILES string of the molecule is FC(F)(F)Oc1ccc(N=C=S)cn1. The van der Waals surface area contributed by atoms with E-state index in [2.05, 4.69) is 32.1 Å². The third-order valence-electron chi connectivity index (χ3n) is 1.12. The average molecular weight is 220 g/mol. The first-order valence-electron chi connectivity index (χ1n) is 3.31. The van der Waals surface area contributed by atoms with Gasteiger partial charge in [-0.15, -0.1) is 13.2 Å². The van der Waals surface area contributed by atoms with E-state index in [-0.39, 0.29) is 0 Å². The molecule has 0 bridgehead atoms. The van der Waals surface area contributed by atoms with E-state index in [1.165, 1.54) is 6.07 Å². The molecule has 0 aliphatic carbocycles. The van der Waals surface area contributed by atoms with Gasteiger partial charge in [-0.2, -0.15) is 4.99 Å². The van der Waals surface area contributed by atoms with Crippen molar-refractivity contribution in [3.63, 3.8) is 0 Å². The maximum absolute atomic E-state index is 11.7. The second-order valence-corrected chi connectivity index (χ2v) is 2.29. The number of thiocarbonyl (C=S) groups is 1. The molecule has 0 saturated heterocycles. The van der Waals surface area contributed by atoms with Crippen molar-refractivity contribution in [1.82, 2.24) is 4.98 Å². The fraction of sp³-hybridized carbons (Fsp3) is 0.143. The smallest absolute Gasteiger partial charge is 0.388 e. The van der Waals surface area contributed by atoms with Gasteiger partial charge in [0, 0.05) is 6.07 Å². The molecule has 1 heterocycles. The molecule has 0 aromatic carbocycles. The van der Waals surface area contributed by atoms with Gasteiger partial charge in [0.05, 0.1) is 17.0 Å². The minimum absolute atomic E-state index is 0.314. The minimum Gasteiger partial charge on any atom is -0.388 e. The molecule has 1 aromatic rings. The summed E-state index contributed by atoms with van der Waals surface area (Å²) in [6.07, 6.45) is -3.64. The summed E-state index contributed by atoms with van der Waals surface area (Å²) in [6, 6.07) is 2.33. The molecule has 0 amide bonds. The van der Waals surface area contributed by atoms with Gasteiger partial charge in [-0.05, 0) is 18.3 Å². The van der Waals surface area contributed by atoms with Crippen LogP contribution in [0, 0.1) is 0 Å². The molecule has 0 aliphatic rings. The van der Waals surface area contributed by atoms with E-state index in [9.17, 15) is 13.2 Å². The van der Waals surface area contributed by atoms with E-state index in [4.69, 9.17) is 0 Å². The highest BCUT2D eigenvalue weighted by atomic mass is 32.1. The standard InChI is InChI=1S/C7H3F3N2OS/c8-7(9,10)13-6-2-1-5(3-11-6)12-4-14/h1-3H. The Morgan fingerprint density at radius 3 is 2.57 bits per heavy atom. The van der Waals surface area contributed by atoms with Gasteiger partial charge >= 0.3 is 6.36 Å². The number of alkyl halides is 3. The Kier molecular flexibility index (Phi) is 3.16. The van der Waals surface area contributed by atoms with Crippen molar-refractivity contribution in [3.05, 3.63) is 18.3 Å². The molecular weight excluding hydrogens is 217 g/mol. The number of hydrogen-bond acceptors (Lipinski definition) is 4. The molecule has 0 radical (unpaired) electrons. The zero-order valence-corrected chi connectivity index (χ0v) is 7.39. The monoisotopic (exact) mass is 220 g/mol. The molecule has 0 fully saturated rings. The molecule has 0 spiro atoms. The first kappa shape index (κ1) is 10.6. The Morgan fingerprint density at radius 2 is 2.14 bits per heavy atom. The molecule has 0 N–H and O–H groups in total. The molecule has 3 nitrogen and oxygen atoms in total.